The Morgan fingerprint density at radius 2 is 1.97 bits per heavy atom. The number of anilines is 1. The molecule has 1 atom stereocenters. The highest BCUT2D eigenvalue weighted by Gasteiger charge is 2.64. The lowest BCUT2D eigenvalue weighted by molar-refractivity contribution is -0.164. The van der Waals surface area contributed by atoms with E-state index in [0.717, 1.165) is 25.9 Å². The molecule has 2 heterocycles. The van der Waals surface area contributed by atoms with Crippen LogP contribution in [0.4, 0.5) is 5.95 Å². The second-order valence-electron chi connectivity index (χ2n) is 10.7. The smallest absolute Gasteiger partial charge is 0.254 e. The number of nitrogens with zero attached hydrogens (tertiary/aromatic N) is 4. The lowest BCUT2D eigenvalue weighted by Gasteiger charge is -2.63. The van der Waals surface area contributed by atoms with Crippen molar-refractivity contribution in [3.8, 4) is 11.8 Å². The Hall–Kier alpha value is -2.89. The molecule has 0 bridgehead atoms. The number of rotatable bonds is 7. The van der Waals surface area contributed by atoms with E-state index < -0.39 is 0 Å². The van der Waals surface area contributed by atoms with Gasteiger partial charge < -0.3 is 20.1 Å². The third-order valence-electron chi connectivity index (χ3n) is 7.44. The number of nitriles is 1. The predicted molar refractivity (Wildman–Crippen MR) is 133 cm³/mol. The maximum atomic E-state index is 13.1. The first-order chi connectivity index (χ1) is 16.6. The Labute approximate surface area is 211 Å². The van der Waals surface area contributed by atoms with Gasteiger partial charge in [-0.2, -0.15) is 5.26 Å². The number of benzene rings is 1. The maximum Gasteiger partial charge on any atom is 0.254 e. The first kappa shape index (κ1) is 25.2. The summed E-state index contributed by atoms with van der Waals surface area (Å²) in [4.78, 5) is 24.0. The summed E-state index contributed by atoms with van der Waals surface area (Å²) in [6.07, 6.45) is 4.76. The van der Waals surface area contributed by atoms with E-state index in [1.54, 1.807) is 30.6 Å². The summed E-state index contributed by atoms with van der Waals surface area (Å²) in [5.41, 5.74) is 0.115. The number of aliphatic hydroxyl groups excluding tert-OH is 1. The fourth-order valence-corrected chi connectivity index (χ4v) is 6.06. The zero-order valence-electron chi connectivity index (χ0n) is 20.6. The normalized spacial score (nSPS) is 24.4. The van der Waals surface area contributed by atoms with E-state index in [2.05, 4.69) is 47.9 Å². The van der Waals surface area contributed by atoms with Crippen LogP contribution in [0.5, 0.6) is 5.75 Å². The number of hydrogen-bond donors (Lipinski definition) is 2. The molecule has 2 aliphatic rings. The van der Waals surface area contributed by atoms with Crippen molar-refractivity contribution in [3.63, 3.8) is 0 Å². The Kier molecular flexibility index (Phi) is 6.94. The van der Waals surface area contributed by atoms with E-state index in [9.17, 15) is 4.79 Å². The minimum atomic E-state index is -0.350. The van der Waals surface area contributed by atoms with Gasteiger partial charge in [-0.05, 0) is 30.9 Å². The zero-order chi connectivity index (χ0) is 25.4. The van der Waals surface area contributed by atoms with Crippen molar-refractivity contribution in [2.45, 2.75) is 52.7 Å². The van der Waals surface area contributed by atoms with E-state index in [-0.39, 0.29) is 35.5 Å². The average molecular weight is 498 g/mol. The minimum absolute atomic E-state index is 0.140. The molecule has 0 spiro atoms. The molecule has 2 aromatic rings. The zero-order valence-corrected chi connectivity index (χ0v) is 21.3. The monoisotopic (exact) mass is 497 g/mol. The van der Waals surface area contributed by atoms with Crippen molar-refractivity contribution in [3.05, 3.63) is 46.7 Å². The molecule has 1 saturated heterocycles. The van der Waals surface area contributed by atoms with Gasteiger partial charge in [0.2, 0.25) is 5.95 Å². The van der Waals surface area contributed by atoms with E-state index in [0.29, 0.717) is 33.8 Å². The lowest BCUT2D eigenvalue weighted by Crippen LogP contribution is -2.74. The van der Waals surface area contributed by atoms with Crippen LogP contribution in [0.15, 0.2) is 30.6 Å². The molecule has 1 aromatic carbocycles. The number of aliphatic hydroxyl groups is 1. The van der Waals surface area contributed by atoms with Crippen molar-refractivity contribution >= 4 is 23.5 Å². The highest BCUT2D eigenvalue weighted by Crippen LogP contribution is 2.55. The van der Waals surface area contributed by atoms with Gasteiger partial charge in [0.25, 0.3) is 5.91 Å². The number of carbonyl (C=O) groups excluding carboxylic acids is 1. The average Bonchev–Trinajstić information content (AvgIpc) is 3.29. The summed E-state index contributed by atoms with van der Waals surface area (Å²) >= 11 is 6.17. The SMILES string of the molecule is CC1(C)[C@H](NC(=O)c2cnc(N3CCC(CCO)C3)nc2)C(C)(C)[C@H]1Oc1ccc(C#N)c(Cl)c1. The Balaban J connectivity index is 1.40. The van der Waals surface area contributed by atoms with Gasteiger partial charge in [0, 0.05) is 55.0 Å². The molecule has 0 radical (unpaired) electrons. The number of carbonyl (C=O) groups is 1. The molecule has 1 aliphatic carbocycles. The first-order valence-electron chi connectivity index (χ1n) is 11.9. The highest BCUT2D eigenvalue weighted by atomic mass is 35.5. The van der Waals surface area contributed by atoms with Crippen LogP contribution in [0.1, 0.15) is 56.5 Å². The van der Waals surface area contributed by atoms with Gasteiger partial charge in [-0.25, -0.2) is 9.97 Å². The van der Waals surface area contributed by atoms with Crippen LogP contribution >= 0.6 is 11.6 Å². The molecule has 35 heavy (non-hydrogen) atoms. The summed E-state index contributed by atoms with van der Waals surface area (Å²) in [6, 6.07) is 6.96. The third-order valence-corrected chi connectivity index (χ3v) is 7.75. The predicted octanol–water partition coefficient (Wildman–Crippen LogP) is 3.82. The fraction of sp³-hybridized carbons (Fsp3) is 0.538. The summed E-state index contributed by atoms with van der Waals surface area (Å²) in [6.45, 7) is 10.1. The maximum absolute atomic E-state index is 13.1. The second-order valence-corrected chi connectivity index (χ2v) is 11.1. The second kappa shape index (κ2) is 9.63. The largest absolute Gasteiger partial charge is 0.489 e. The Bertz CT molecular complexity index is 1110. The molecule has 8 nitrogen and oxygen atoms in total. The number of ether oxygens (including phenoxy) is 1. The van der Waals surface area contributed by atoms with Crippen LogP contribution in [0, 0.1) is 28.1 Å². The quantitative estimate of drug-likeness (QED) is 0.598. The van der Waals surface area contributed by atoms with Crippen molar-refractivity contribution in [1.82, 2.24) is 15.3 Å². The minimum Gasteiger partial charge on any atom is -0.489 e. The van der Waals surface area contributed by atoms with Crippen molar-refractivity contribution in [2.75, 3.05) is 24.6 Å². The number of aromatic nitrogens is 2. The number of hydrogen-bond acceptors (Lipinski definition) is 7. The summed E-state index contributed by atoms with van der Waals surface area (Å²) in [5, 5.41) is 21.8. The van der Waals surface area contributed by atoms with Crippen LogP contribution in [0.25, 0.3) is 0 Å². The molecule has 1 saturated carbocycles. The van der Waals surface area contributed by atoms with E-state index in [1.807, 2.05) is 6.07 Å². The Morgan fingerprint density at radius 1 is 1.29 bits per heavy atom. The molecule has 186 valence electrons. The number of nitrogens with one attached hydrogen (secondary N) is 1. The molecule has 1 aromatic heterocycles. The summed E-state index contributed by atoms with van der Waals surface area (Å²) in [5.74, 6) is 1.44. The molecule has 9 heteroatoms. The van der Waals surface area contributed by atoms with Gasteiger partial charge in [-0.15, -0.1) is 0 Å². The first-order valence-corrected chi connectivity index (χ1v) is 12.3. The number of halogens is 1. The van der Waals surface area contributed by atoms with Gasteiger partial charge in [0.05, 0.1) is 16.1 Å². The van der Waals surface area contributed by atoms with Gasteiger partial charge in [0.15, 0.2) is 0 Å². The van der Waals surface area contributed by atoms with Crippen molar-refractivity contribution in [2.24, 2.45) is 16.7 Å². The Morgan fingerprint density at radius 3 is 2.57 bits per heavy atom. The third kappa shape index (κ3) is 4.80. The molecule has 1 unspecified atom stereocenters. The molecule has 1 aliphatic heterocycles. The number of amides is 1. The van der Waals surface area contributed by atoms with Gasteiger partial charge in [-0.1, -0.05) is 39.3 Å². The fourth-order valence-electron chi connectivity index (χ4n) is 5.84. The molecule has 2 N–H and O–H groups in total. The lowest BCUT2D eigenvalue weighted by atomic mass is 9.49. The van der Waals surface area contributed by atoms with Gasteiger partial charge in [0.1, 0.15) is 17.9 Å². The summed E-state index contributed by atoms with van der Waals surface area (Å²) < 4.78 is 6.29. The standard InChI is InChI=1S/C26H32ClN5O3/c1-25(2)22(26(3,4)23(25)35-19-6-5-17(12-28)20(27)11-19)31-21(34)18-13-29-24(30-14-18)32-9-7-16(15-32)8-10-33/h5-6,11,13-14,16,22-23,33H,7-10,15H2,1-4H3,(H,31,34)/t16?,22-,23-. The van der Waals surface area contributed by atoms with Crippen LogP contribution in [-0.4, -0.2) is 52.8 Å². The van der Waals surface area contributed by atoms with Crippen molar-refractivity contribution < 1.29 is 14.6 Å². The highest BCUT2D eigenvalue weighted by molar-refractivity contribution is 6.31. The molecular formula is C26H32ClN5O3. The topological polar surface area (TPSA) is 111 Å². The van der Waals surface area contributed by atoms with Crippen LogP contribution < -0.4 is 15.0 Å². The molecule has 2 fully saturated rings. The van der Waals surface area contributed by atoms with Crippen LogP contribution in [-0.2, 0) is 0 Å². The molecule has 4 rings (SSSR count). The van der Waals surface area contributed by atoms with Gasteiger partial charge >= 0.3 is 0 Å². The van der Waals surface area contributed by atoms with Gasteiger partial charge in [-0.3, -0.25) is 4.79 Å². The van der Waals surface area contributed by atoms with E-state index >= 15 is 0 Å². The summed E-state index contributed by atoms with van der Waals surface area (Å²) in [7, 11) is 0. The van der Waals surface area contributed by atoms with Crippen LogP contribution in [0.2, 0.25) is 5.02 Å². The van der Waals surface area contributed by atoms with Crippen LogP contribution in [0.3, 0.4) is 0 Å². The molecular weight excluding hydrogens is 466 g/mol. The van der Waals surface area contributed by atoms with Crippen molar-refractivity contribution in [1.29, 1.82) is 5.26 Å². The van der Waals surface area contributed by atoms with E-state index in [1.165, 1.54) is 0 Å². The van der Waals surface area contributed by atoms with E-state index in [4.69, 9.17) is 26.7 Å². The molecule has 1 amide bonds.